The van der Waals surface area contributed by atoms with Crippen molar-refractivity contribution in [3.63, 3.8) is 0 Å². The van der Waals surface area contributed by atoms with Crippen LogP contribution in [0.4, 0.5) is 8.78 Å². The molecule has 0 aliphatic rings. The van der Waals surface area contributed by atoms with Gasteiger partial charge < -0.3 is 10.2 Å². The average molecular weight is 256 g/mol. The van der Waals surface area contributed by atoms with E-state index in [1.54, 1.807) is 0 Å². The molecule has 0 aromatic heterocycles. The Balaban J connectivity index is 2.69. The molecule has 1 rings (SSSR count). The first-order valence-electron chi connectivity index (χ1n) is 6.10. The Morgan fingerprint density at radius 2 is 1.89 bits per heavy atom. The van der Waals surface area contributed by atoms with Crippen LogP contribution < -0.4 is 5.32 Å². The molecule has 1 aromatic rings. The van der Waals surface area contributed by atoms with Crippen molar-refractivity contribution in [2.75, 3.05) is 20.6 Å². The summed E-state index contributed by atoms with van der Waals surface area (Å²) < 4.78 is 26.4. The van der Waals surface area contributed by atoms with Crippen LogP contribution in [0, 0.1) is 11.6 Å². The minimum absolute atomic E-state index is 0.0230. The first-order chi connectivity index (χ1) is 8.24. The summed E-state index contributed by atoms with van der Waals surface area (Å²) in [4.78, 5) is 2.10. The van der Waals surface area contributed by atoms with Gasteiger partial charge in [0.05, 0.1) is 0 Å². The van der Waals surface area contributed by atoms with Gasteiger partial charge in [0.25, 0.3) is 0 Å². The number of hydrogen-bond donors (Lipinski definition) is 1. The summed E-state index contributed by atoms with van der Waals surface area (Å²) in [6.07, 6.45) is 0. The van der Waals surface area contributed by atoms with Crippen molar-refractivity contribution in [2.24, 2.45) is 0 Å². The molecule has 0 saturated carbocycles. The first kappa shape index (κ1) is 15.1. The molecule has 0 saturated heterocycles. The van der Waals surface area contributed by atoms with Crippen molar-refractivity contribution in [3.05, 3.63) is 35.4 Å². The molecule has 1 unspecified atom stereocenters. The second-order valence-electron chi connectivity index (χ2n) is 5.48. The summed E-state index contributed by atoms with van der Waals surface area (Å²) in [5.41, 5.74) is 0.469. The van der Waals surface area contributed by atoms with Crippen molar-refractivity contribution in [1.82, 2.24) is 10.2 Å². The molecule has 1 atom stereocenters. The van der Waals surface area contributed by atoms with Crippen LogP contribution in [-0.4, -0.2) is 31.1 Å². The smallest absolute Gasteiger partial charge is 0.130 e. The Bertz CT molecular complexity index is 403. The highest BCUT2D eigenvalue weighted by Gasteiger charge is 2.21. The Morgan fingerprint density at radius 3 is 2.39 bits per heavy atom. The van der Waals surface area contributed by atoms with Crippen LogP contribution in [0.25, 0.3) is 0 Å². The molecule has 0 heterocycles. The summed E-state index contributed by atoms with van der Waals surface area (Å²) in [7, 11) is 4.01. The highest BCUT2D eigenvalue weighted by Crippen LogP contribution is 2.19. The molecule has 1 aromatic carbocycles. The third-order valence-corrected chi connectivity index (χ3v) is 3.48. The van der Waals surface area contributed by atoms with Gasteiger partial charge in [-0.1, -0.05) is 6.07 Å². The predicted octanol–water partition coefficient (Wildman–Crippen LogP) is 2.96. The van der Waals surface area contributed by atoms with Gasteiger partial charge in [-0.15, -0.1) is 0 Å². The van der Waals surface area contributed by atoms with Crippen molar-refractivity contribution < 1.29 is 8.78 Å². The van der Waals surface area contributed by atoms with Gasteiger partial charge in [-0.25, -0.2) is 8.78 Å². The maximum atomic E-state index is 13.6. The van der Waals surface area contributed by atoms with Crippen molar-refractivity contribution in [3.8, 4) is 0 Å². The van der Waals surface area contributed by atoms with Crippen molar-refractivity contribution in [2.45, 2.75) is 32.4 Å². The van der Waals surface area contributed by atoms with E-state index < -0.39 is 11.6 Å². The topological polar surface area (TPSA) is 15.3 Å². The molecule has 0 radical (unpaired) electrons. The maximum absolute atomic E-state index is 13.6. The van der Waals surface area contributed by atoms with E-state index in [9.17, 15) is 8.78 Å². The zero-order valence-electron chi connectivity index (χ0n) is 11.7. The molecule has 0 aliphatic carbocycles. The zero-order chi connectivity index (χ0) is 13.9. The Kier molecular flexibility index (Phi) is 4.82. The molecule has 18 heavy (non-hydrogen) atoms. The molecular weight excluding hydrogens is 234 g/mol. The van der Waals surface area contributed by atoms with Crippen LogP contribution in [0.1, 0.15) is 32.4 Å². The van der Waals surface area contributed by atoms with Gasteiger partial charge in [0, 0.05) is 29.8 Å². The van der Waals surface area contributed by atoms with Crippen LogP contribution in [0.5, 0.6) is 0 Å². The second kappa shape index (κ2) is 5.76. The summed E-state index contributed by atoms with van der Waals surface area (Å²) in [5, 5.41) is 3.28. The molecule has 0 fully saturated rings. The van der Waals surface area contributed by atoms with Crippen LogP contribution in [-0.2, 0) is 0 Å². The van der Waals surface area contributed by atoms with Crippen LogP contribution in [0.2, 0.25) is 0 Å². The van der Waals surface area contributed by atoms with Gasteiger partial charge in [-0.05, 0) is 40.9 Å². The van der Waals surface area contributed by atoms with E-state index in [1.165, 1.54) is 12.1 Å². The molecule has 2 nitrogen and oxygen atoms in total. The van der Waals surface area contributed by atoms with E-state index in [4.69, 9.17) is 0 Å². The highest BCUT2D eigenvalue weighted by molar-refractivity contribution is 5.21. The summed E-state index contributed by atoms with van der Waals surface area (Å²) in [5.74, 6) is -1.05. The van der Waals surface area contributed by atoms with E-state index in [1.807, 2.05) is 21.0 Å². The lowest BCUT2D eigenvalue weighted by Crippen LogP contribution is -2.47. The quantitative estimate of drug-likeness (QED) is 0.871. The standard InChI is InChI=1S/C14H22F2N2/c1-10(17-9-14(2,3)18(4)5)12-7-6-11(15)8-13(12)16/h6-8,10,17H,9H2,1-5H3. The van der Waals surface area contributed by atoms with Crippen molar-refractivity contribution >= 4 is 0 Å². The largest absolute Gasteiger partial charge is 0.308 e. The minimum Gasteiger partial charge on any atom is -0.308 e. The minimum atomic E-state index is -0.544. The van der Waals surface area contributed by atoms with E-state index >= 15 is 0 Å². The summed E-state index contributed by atoms with van der Waals surface area (Å²) in [6, 6.07) is 3.55. The van der Waals surface area contributed by atoms with Crippen molar-refractivity contribution in [1.29, 1.82) is 0 Å². The SMILES string of the molecule is CC(NCC(C)(C)N(C)C)c1ccc(F)cc1F. The van der Waals surface area contributed by atoms with Crippen LogP contribution in [0.15, 0.2) is 18.2 Å². The molecule has 0 spiro atoms. The molecule has 0 bridgehead atoms. The maximum Gasteiger partial charge on any atom is 0.130 e. The number of hydrogen-bond acceptors (Lipinski definition) is 2. The fourth-order valence-electron chi connectivity index (χ4n) is 1.52. The number of halogens is 2. The normalized spacial score (nSPS) is 14.0. The summed E-state index contributed by atoms with van der Waals surface area (Å²) >= 11 is 0. The molecule has 1 N–H and O–H groups in total. The van der Waals surface area contributed by atoms with E-state index in [2.05, 4.69) is 24.1 Å². The number of likely N-dealkylation sites (N-methyl/N-ethyl adjacent to an activating group) is 1. The Morgan fingerprint density at radius 1 is 1.28 bits per heavy atom. The lowest BCUT2D eigenvalue weighted by Gasteiger charge is -2.34. The molecule has 0 amide bonds. The second-order valence-corrected chi connectivity index (χ2v) is 5.48. The van der Waals surface area contributed by atoms with Gasteiger partial charge in [-0.2, -0.15) is 0 Å². The van der Waals surface area contributed by atoms with Crippen LogP contribution >= 0.6 is 0 Å². The molecular formula is C14H22F2N2. The van der Waals surface area contributed by atoms with Gasteiger partial charge in [0.1, 0.15) is 11.6 Å². The first-order valence-corrected chi connectivity index (χ1v) is 6.10. The third-order valence-electron chi connectivity index (χ3n) is 3.48. The van der Waals surface area contributed by atoms with Crippen LogP contribution in [0.3, 0.4) is 0 Å². The average Bonchev–Trinajstić information content (AvgIpc) is 2.25. The third kappa shape index (κ3) is 3.75. The fourth-order valence-corrected chi connectivity index (χ4v) is 1.52. The number of benzene rings is 1. The lowest BCUT2D eigenvalue weighted by molar-refractivity contribution is 0.185. The fraction of sp³-hybridized carbons (Fsp3) is 0.571. The van der Waals surface area contributed by atoms with Gasteiger partial charge in [-0.3, -0.25) is 0 Å². The zero-order valence-corrected chi connectivity index (χ0v) is 11.7. The molecule has 0 aliphatic heterocycles. The number of nitrogens with one attached hydrogen (secondary N) is 1. The number of rotatable bonds is 5. The van der Waals surface area contributed by atoms with E-state index in [0.29, 0.717) is 5.56 Å². The number of nitrogens with zero attached hydrogens (tertiary/aromatic N) is 1. The molecule has 102 valence electrons. The van der Waals surface area contributed by atoms with Gasteiger partial charge >= 0.3 is 0 Å². The monoisotopic (exact) mass is 256 g/mol. The van der Waals surface area contributed by atoms with E-state index in [0.717, 1.165) is 12.6 Å². The molecule has 4 heteroatoms. The predicted molar refractivity (Wildman–Crippen MR) is 70.5 cm³/mol. The van der Waals surface area contributed by atoms with Gasteiger partial charge in [0.15, 0.2) is 0 Å². The Labute approximate surface area is 108 Å². The highest BCUT2D eigenvalue weighted by atomic mass is 19.1. The lowest BCUT2D eigenvalue weighted by atomic mass is 10.0. The summed E-state index contributed by atoms with van der Waals surface area (Å²) in [6.45, 7) is 6.81. The Hall–Kier alpha value is -1.00. The van der Waals surface area contributed by atoms with Gasteiger partial charge in [0.2, 0.25) is 0 Å². The van der Waals surface area contributed by atoms with E-state index in [-0.39, 0.29) is 11.6 Å².